The number of likely N-dealkylation sites (N-methyl/N-ethyl adjacent to an activating group) is 1. The third-order valence-corrected chi connectivity index (χ3v) is 3.68. The second kappa shape index (κ2) is 8.30. The van der Waals surface area contributed by atoms with Crippen LogP contribution in [0.5, 0.6) is 5.75 Å². The number of benzene rings is 1. The molecule has 1 fully saturated rings. The van der Waals surface area contributed by atoms with Crippen molar-refractivity contribution >= 4 is 23.5 Å². The molecule has 1 heterocycles. The van der Waals surface area contributed by atoms with Gasteiger partial charge in [-0.1, -0.05) is 13.0 Å². The molecule has 0 aliphatic carbocycles. The lowest BCUT2D eigenvalue weighted by Crippen LogP contribution is -2.44. The van der Waals surface area contributed by atoms with Crippen molar-refractivity contribution in [2.24, 2.45) is 0 Å². The number of hydrogen-bond acceptors (Lipinski definition) is 5. The van der Waals surface area contributed by atoms with Crippen molar-refractivity contribution in [1.82, 2.24) is 15.1 Å². The molecule has 0 atom stereocenters. The standard InChI is InChI=1S/C16H22N4O4/c1-3-19(11-15(22)20-8-7-17-16(20)23)10-14(21)18-12-5-4-6-13(9-12)24-2/h4-6,9H,3,7-8,10-11H2,1-2H3,(H,17,23)(H,18,21). The van der Waals surface area contributed by atoms with Crippen LogP contribution in [-0.2, 0) is 9.59 Å². The highest BCUT2D eigenvalue weighted by Crippen LogP contribution is 2.16. The van der Waals surface area contributed by atoms with Gasteiger partial charge in [0.05, 0.1) is 20.2 Å². The van der Waals surface area contributed by atoms with Crippen LogP contribution in [-0.4, -0.2) is 67.5 Å². The van der Waals surface area contributed by atoms with E-state index >= 15 is 0 Å². The molecule has 0 spiro atoms. The van der Waals surface area contributed by atoms with Crippen LogP contribution in [0.4, 0.5) is 10.5 Å². The smallest absolute Gasteiger partial charge is 0.324 e. The van der Waals surface area contributed by atoms with Gasteiger partial charge in [-0.25, -0.2) is 4.79 Å². The monoisotopic (exact) mass is 334 g/mol. The van der Waals surface area contributed by atoms with Crippen LogP contribution in [0.25, 0.3) is 0 Å². The highest BCUT2D eigenvalue weighted by Gasteiger charge is 2.27. The molecule has 0 radical (unpaired) electrons. The average molecular weight is 334 g/mol. The lowest BCUT2D eigenvalue weighted by Gasteiger charge is -2.21. The number of imide groups is 1. The Labute approximate surface area is 140 Å². The van der Waals surface area contributed by atoms with E-state index in [4.69, 9.17) is 4.74 Å². The van der Waals surface area contributed by atoms with Gasteiger partial charge in [-0.2, -0.15) is 0 Å². The molecule has 2 rings (SSSR count). The Morgan fingerprint density at radius 2 is 2.17 bits per heavy atom. The fraction of sp³-hybridized carbons (Fsp3) is 0.438. The number of nitrogens with one attached hydrogen (secondary N) is 2. The third kappa shape index (κ3) is 4.69. The first-order chi connectivity index (χ1) is 11.5. The Morgan fingerprint density at radius 3 is 2.79 bits per heavy atom. The Balaban J connectivity index is 1.88. The van der Waals surface area contributed by atoms with Crippen molar-refractivity contribution in [1.29, 1.82) is 0 Å². The minimum Gasteiger partial charge on any atom is -0.497 e. The summed E-state index contributed by atoms with van der Waals surface area (Å²) in [6, 6.07) is 6.66. The first-order valence-electron chi connectivity index (χ1n) is 7.78. The minimum atomic E-state index is -0.378. The fourth-order valence-corrected chi connectivity index (χ4v) is 2.37. The van der Waals surface area contributed by atoms with Gasteiger partial charge >= 0.3 is 6.03 Å². The number of amides is 4. The van der Waals surface area contributed by atoms with Gasteiger partial charge in [0.1, 0.15) is 5.75 Å². The normalized spacial score (nSPS) is 13.8. The van der Waals surface area contributed by atoms with Crippen molar-refractivity contribution in [3.05, 3.63) is 24.3 Å². The molecule has 4 amide bonds. The summed E-state index contributed by atoms with van der Waals surface area (Å²) in [4.78, 5) is 38.6. The summed E-state index contributed by atoms with van der Waals surface area (Å²) in [5.74, 6) is 0.111. The van der Waals surface area contributed by atoms with Crippen LogP contribution >= 0.6 is 0 Å². The highest BCUT2D eigenvalue weighted by atomic mass is 16.5. The van der Waals surface area contributed by atoms with Crippen molar-refractivity contribution < 1.29 is 19.1 Å². The summed E-state index contributed by atoms with van der Waals surface area (Å²) >= 11 is 0. The van der Waals surface area contributed by atoms with Gasteiger partial charge in [-0.15, -0.1) is 0 Å². The van der Waals surface area contributed by atoms with E-state index in [2.05, 4.69) is 10.6 Å². The second-order valence-corrected chi connectivity index (χ2v) is 5.36. The zero-order chi connectivity index (χ0) is 17.5. The average Bonchev–Trinajstić information content (AvgIpc) is 3.00. The fourth-order valence-electron chi connectivity index (χ4n) is 2.37. The van der Waals surface area contributed by atoms with Crippen LogP contribution in [0.2, 0.25) is 0 Å². The number of ether oxygens (including phenoxy) is 1. The van der Waals surface area contributed by atoms with E-state index in [1.54, 1.807) is 36.3 Å². The van der Waals surface area contributed by atoms with Crippen molar-refractivity contribution in [3.8, 4) is 5.75 Å². The zero-order valence-electron chi connectivity index (χ0n) is 13.9. The molecule has 0 unspecified atom stereocenters. The number of rotatable bonds is 7. The lowest BCUT2D eigenvalue weighted by atomic mass is 10.3. The third-order valence-electron chi connectivity index (χ3n) is 3.68. The molecule has 24 heavy (non-hydrogen) atoms. The molecule has 1 aliphatic rings. The molecule has 0 aromatic heterocycles. The van der Waals surface area contributed by atoms with E-state index < -0.39 is 0 Å². The number of hydrogen-bond donors (Lipinski definition) is 2. The molecule has 130 valence electrons. The largest absolute Gasteiger partial charge is 0.497 e. The van der Waals surface area contributed by atoms with Crippen LogP contribution in [0.3, 0.4) is 0 Å². The Bertz CT molecular complexity index is 620. The molecular formula is C16H22N4O4. The van der Waals surface area contributed by atoms with Crippen LogP contribution in [0.15, 0.2) is 24.3 Å². The SMILES string of the molecule is CCN(CC(=O)Nc1cccc(OC)c1)CC(=O)N1CCNC1=O. The molecule has 0 bridgehead atoms. The predicted octanol–water partition coefficient (Wildman–Crippen LogP) is 0.507. The Morgan fingerprint density at radius 1 is 1.38 bits per heavy atom. The summed E-state index contributed by atoms with van der Waals surface area (Å²) in [5, 5.41) is 5.35. The maximum atomic E-state index is 12.2. The molecule has 1 aromatic carbocycles. The number of urea groups is 1. The van der Waals surface area contributed by atoms with Gasteiger partial charge in [0.25, 0.3) is 0 Å². The maximum Gasteiger partial charge on any atom is 0.324 e. The first kappa shape index (κ1) is 17.7. The van der Waals surface area contributed by atoms with Crippen LogP contribution in [0, 0.1) is 0 Å². The van der Waals surface area contributed by atoms with E-state index in [9.17, 15) is 14.4 Å². The van der Waals surface area contributed by atoms with E-state index in [-0.39, 0.29) is 30.9 Å². The molecular weight excluding hydrogens is 312 g/mol. The van der Waals surface area contributed by atoms with Gasteiger partial charge in [-0.3, -0.25) is 19.4 Å². The van der Waals surface area contributed by atoms with Crippen molar-refractivity contribution in [3.63, 3.8) is 0 Å². The first-order valence-corrected chi connectivity index (χ1v) is 7.78. The molecule has 0 saturated carbocycles. The molecule has 1 aromatic rings. The summed E-state index contributed by atoms with van der Waals surface area (Å²) in [6.45, 7) is 3.30. The molecule has 8 heteroatoms. The van der Waals surface area contributed by atoms with Gasteiger partial charge in [0.2, 0.25) is 11.8 Å². The number of carbonyl (C=O) groups excluding carboxylic acids is 3. The van der Waals surface area contributed by atoms with E-state index in [1.165, 1.54) is 4.90 Å². The van der Waals surface area contributed by atoms with Crippen LogP contribution in [0.1, 0.15) is 6.92 Å². The van der Waals surface area contributed by atoms with E-state index in [1.807, 2.05) is 6.92 Å². The minimum absolute atomic E-state index is 0.0233. The van der Waals surface area contributed by atoms with Crippen LogP contribution < -0.4 is 15.4 Å². The van der Waals surface area contributed by atoms with Gasteiger partial charge in [-0.05, 0) is 18.7 Å². The summed E-state index contributed by atoms with van der Waals surface area (Å²) < 4.78 is 5.11. The Kier molecular flexibility index (Phi) is 6.14. The van der Waals surface area contributed by atoms with Crippen molar-refractivity contribution in [2.75, 3.05) is 45.2 Å². The molecule has 1 saturated heterocycles. The zero-order valence-corrected chi connectivity index (χ0v) is 13.9. The number of carbonyl (C=O) groups is 3. The van der Waals surface area contributed by atoms with E-state index in [0.29, 0.717) is 31.1 Å². The van der Waals surface area contributed by atoms with Gasteiger partial charge < -0.3 is 15.4 Å². The summed E-state index contributed by atoms with van der Waals surface area (Å²) in [6.07, 6.45) is 0. The number of nitrogens with zero attached hydrogens (tertiary/aromatic N) is 2. The van der Waals surface area contributed by atoms with Crippen molar-refractivity contribution in [2.45, 2.75) is 6.92 Å². The lowest BCUT2D eigenvalue weighted by molar-refractivity contribution is -0.129. The summed E-state index contributed by atoms with van der Waals surface area (Å²) in [7, 11) is 1.56. The second-order valence-electron chi connectivity index (χ2n) is 5.36. The number of methoxy groups -OCH3 is 1. The number of anilines is 1. The molecule has 1 aliphatic heterocycles. The highest BCUT2D eigenvalue weighted by molar-refractivity contribution is 5.97. The topological polar surface area (TPSA) is 91.0 Å². The van der Waals surface area contributed by atoms with Gasteiger partial charge in [0, 0.05) is 24.8 Å². The molecule has 2 N–H and O–H groups in total. The quantitative estimate of drug-likeness (QED) is 0.758. The van der Waals surface area contributed by atoms with E-state index in [0.717, 1.165) is 0 Å². The van der Waals surface area contributed by atoms with Gasteiger partial charge in [0.15, 0.2) is 0 Å². The maximum absolute atomic E-state index is 12.2. The summed E-state index contributed by atoms with van der Waals surface area (Å²) in [5.41, 5.74) is 0.626. The predicted molar refractivity (Wildman–Crippen MR) is 88.8 cm³/mol. The molecule has 8 nitrogen and oxygen atoms in total. The Hall–Kier alpha value is -2.61.